The number of anilines is 1. The molecule has 3 unspecified atom stereocenters. The van der Waals surface area contributed by atoms with E-state index in [4.69, 9.17) is 4.74 Å². The molecule has 0 spiro atoms. The molecule has 3 aromatic carbocycles. The van der Waals surface area contributed by atoms with E-state index in [0.29, 0.717) is 29.0 Å². The standard InChI is InChI=1S/C48H51FN4O6/c1-3-37(12-4-28(2)45-39(29-5-8-33(49)9-6-29)13-7-30-24-36(54)11-15-40(30)45)59-38-25-31-22-35(23-32(31)26-38)52-20-18-51(19-21-52)34-10-14-41-42(27-34)48(58)53(47(41)57)43-16-17-44(55)50-46(43)56/h3-6,8-12,14-15,24,27,31-32,35,38-39,43,45,54H,2,7,13,16-23,25-26H2,1H3,(H,50,55,56)/b12-4-,37-3+/t31?,32?,35?,38?,39-,43?,45+/m1/s1. The number of phenols is 1. The predicted molar refractivity (Wildman–Crippen MR) is 221 cm³/mol. The lowest BCUT2D eigenvalue weighted by atomic mass is 9.69. The molecule has 6 aliphatic rings. The van der Waals surface area contributed by atoms with E-state index in [1.165, 1.54) is 12.1 Å². The fourth-order valence-electron chi connectivity index (χ4n) is 10.9. The van der Waals surface area contributed by atoms with Gasteiger partial charge in [0, 0.05) is 50.2 Å². The average Bonchev–Trinajstić information content (AvgIpc) is 3.89. The van der Waals surface area contributed by atoms with E-state index in [9.17, 15) is 28.7 Å². The summed E-state index contributed by atoms with van der Waals surface area (Å²) in [6.45, 7) is 10.0. The lowest BCUT2D eigenvalue weighted by molar-refractivity contribution is -0.136. The van der Waals surface area contributed by atoms with E-state index < -0.39 is 23.8 Å². The van der Waals surface area contributed by atoms with Gasteiger partial charge in [0.2, 0.25) is 11.8 Å². The molecule has 2 saturated carbocycles. The van der Waals surface area contributed by atoms with Crippen molar-refractivity contribution in [3.8, 4) is 5.75 Å². The summed E-state index contributed by atoms with van der Waals surface area (Å²) >= 11 is 0. The number of phenolic OH excluding ortho intramolecular Hbond substituents is 1. The number of piperazine rings is 1. The number of benzene rings is 3. The Morgan fingerprint density at radius 2 is 1.58 bits per heavy atom. The van der Waals surface area contributed by atoms with Gasteiger partial charge >= 0.3 is 0 Å². The molecule has 11 heteroatoms. The van der Waals surface area contributed by atoms with Crippen LogP contribution < -0.4 is 10.2 Å². The van der Waals surface area contributed by atoms with Crippen LogP contribution in [0.25, 0.3) is 0 Å². The summed E-state index contributed by atoms with van der Waals surface area (Å²) < 4.78 is 20.5. The zero-order valence-electron chi connectivity index (χ0n) is 33.4. The highest BCUT2D eigenvalue weighted by molar-refractivity contribution is 6.23. The summed E-state index contributed by atoms with van der Waals surface area (Å²) in [4.78, 5) is 56.6. The second kappa shape index (κ2) is 15.9. The number of carbonyl (C=O) groups is 4. The zero-order valence-corrected chi connectivity index (χ0v) is 33.4. The van der Waals surface area contributed by atoms with Crippen molar-refractivity contribution in [2.24, 2.45) is 11.8 Å². The molecular formula is C48H51FN4O6. The first-order chi connectivity index (χ1) is 28.5. The maximum atomic E-state index is 13.9. The number of fused-ring (bicyclic) bond motifs is 3. The van der Waals surface area contributed by atoms with Crippen molar-refractivity contribution in [2.45, 2.75) is 88.3 Å². The van der Waals surface area contributed by atoms with E-state index in [-0.39, 0.29) is 48.3 Å². The van der Waals surface area contributed by atoms with Crippen LogP contribution in [0.2, 0.25) is 0 Å². The van der Waals surface area contributed by atoms with Gasteiger partial charge in [0.1, 0.15) is 23.4 Å². The molecule has 0 radical (unpaired) electrons. The van der Waals surface area contributed by atoms with Crippen LogP contribution in [0.5, 0.6) is 5.75 Å². The summed E-state index contributed by atoms with van der Waals surface area (Å²) in [5.74, 6) is 0.276. The Morgan fingerprint density at radius 3 is 2.29 bits per heavy atom. The number of amides is 4. The van der Waals surface area contributed by atoms with E-state index in [1.807, 2.05) is 49.4 Å². The predicted octanol–water partition coefficient (Wildman–Crippen LogP) is 7.16. The van der Waals surface area contributed by atoms with Crippen molar-refractivity contribution in [3.05, 3.63) is 130 Å². The lowest BCUT2D eigenvalue weighted by Crippen LogP contribution is -2.54. The highest BCUT2D eigenvalue weighted by Gasteiger charge is 2.46. The molecule has 0 bridgehead atoms. The Balaban J connectivity index is 0.777. The number of carbonyl (C=O) groups excluding carboxylic acids is 4. The molecular weight excluding hydrogens is 748 g/mol. The summed E-state index contributed by atoms with van der Waals surface area (Å²) in [6.07, 6.45) is 12.6. The van der Waals surface area contributed by atoms with E-state index in [1.54, 1.807) is 18.2 Å². The van der Waals surface area contributed by atoms with Crippen molar-refractivity contribution in [1.29, 1.82) is 0 Å². The molecule has 2 N–H and O–H groups in total. The van der Waals surface area contributed by atoms with Gasteiger partial charge in [-0.05, 0) is 147 Å². The Labute approximate surface area is 344 Å². The molecule has 3 heterocycles. The molecule has 3 aliphatic carbocycles. The van der Waals surface area contributed by atoms with Gasteiger partial charge in [-0.1, -0.05) is 30.9 Å². The molecule has 3 aromatic rings. The molecule has 4 fully saturated rings. The number of aromatic hydroxyl groups is 1. The fourth-order valence-corrected chi connectivity index (χ4v) is 10.9. The first-order valence-corrected chi connectivity index (χ1v) is 21.2. The third kappa shape index (κ3) is 7.50. The monoisotopic (exact) mass is 798 g/mol. The third-order valence-electron chi connectivity index (χ3n) is 13.9. The molecule has 5 atom stereocenters. The lowest BCUT2D eigenvalue weighted by Gasteiger charge is -2.39. The summed E-state index contributed by atoms with van der Waals surface area (Å²) in [5.41, 5.74) is 5.83. The summed E-state index contributed by atoms with van der Waals surface area (Å²) in [5, 5.41) is 12.5. The van der Waals surface area contributed by atoms with Crippen molar-refractivity contribution < 1.29 is 33.4 Å². The largest absolute Gasteiger partial charge is 0.508 e. The quantitative estimate of drug-likeness (QED) is 0.133. The number of allylic oxidation sites excluding steroid dienone is 4. The minimum Gasteiger partial charge on any atom is -0.508 e. The first kappa shape index (κ1) is 38.9. The fraction of sp³-hybridized carbons (Fsp3) is 0.417. The number of rotatable bonds is 9. The Morgan fingerprint density at radius 1 is 0.847 bits per heavy atom. The number of aryl methyl sites for hydroxylation is 1. The van der Waals surface area contributed by atoms with Crippen LogP contribution in [0, 0.1) is 17.7 Å². The molecule has 0 aromatic heterocycles. The van der Waals surface area contributed by atoms with Gasteiger partial charge in [0.25, 0.3) is 11.8 Å². The van der Waals surface area contributed by atoms with E-state index >= 15 is 0 Å². The summed E-state index contributed by atoms with van der Waals surface area (Å²) in [7, 11) is 0. The Hall–Kier alpha value is -5.55. The van der Waals surface area contributed by atoms with Crippen LogP contribution in [0.4, 0.5) is 10.1 Å². The van der Waals surface area contributed by atoms with Crippen molar-refractivity contribution in [1.82, 2.24) is 15.1 Å². The van der Waals surface area contributed by atoms with Gasteiger partial charge in [0.15, 0.2) is 0 Å². The number of nitrogens with zero attached hydrogens (tertiary/aromatic N) is 3. The minimum absolute atomic E-state index is 0.00935. The number of piperidine rings is 1. The van der Waals surface area contributed by atoms with Crippen LogP contribution in [0.1, 0.15) is 101 Å². The van der Waals surface area contributed by atoms with Gasteiger partial charge in [0.05, 0.1) is 17.2 Å². The van der Waals surface area contributed by atoms with Crippen molar-refractivity contribution in [3.63, 3.8) is 0 Å². The molecule has 2 saturated heterocycles. The number of hydrogen-bond acceptors (Lipinski definition) is 8. The van der Waals surface area contributed by atoms with Gasteiger partial charge < -0.3 is 14.7 Å². The maximum Gasteiger partial charge on any atom is 0.262 e. The molecule has 3 aliphatic heterocycles. The van der Waals surface area contributed by atoms with Gasteiger partial charge in [-0.15, -0.1) is 0 Å². The number of ether oxygens (including phenoxy) is 1. The van der Waals surface area contributed by atoms with Crippen molar-refractivity contribution >= 4 is 29.3 Å². The second-order valence-corrected chi connectivity index (χ2v) is 17.2. The number of imide groups is 2. The molecule has 4 amide bonds. The number of halogens is 1. The molecule has 10 nitrogen and oxygen atoms in total. The molecule has 59 heavy (non-hydrogen) atoms. The van der Waals surface area contributed by atoms with Crippen molar-refractivity contribution in [2.75, 3.05) is 31.1 Å². The minimum atomic E-state index is -0.972. The smallest absolute Gasteiger partial charge is 0.262 e. The highest BCUT2D eigenvalue weighted by atomic mass is 19.1. The van der Waals surface area contributed by atoms with E-state index in [0.717, 1.165) is 103 Å². The first-order valence-electron chi connectivity index (χ1n) is 21.2. The zero-order chi connectivity index (χ0) is 40.9. The van der Waals surface area contributed by atoms with Gasteiger partial charge in [-0.25, -0.2) is 4.39 Å². The second-order valence-electron chi connectivity index (χ2n) is 17.2. The molecule has 9 rings (SSSR count). The van der Waals surface area contributed by atoms with Crippen LogP contribution in [-0.2, 0) is 20.7 Å². The Bertz CT molecular complexity index is 2250. The molecule has 306 valence electrons. The normalized spacial score (nSPS) is 28.5. The highest BCUT2D eigenvalue weighted by Crippen LogP contribution is 2.49. The summed E-state index contributed by atoms with van der Waals surface area (Å²) in [6, 6.07) is 17.3. The van der Waals surface area contributed by atoms with Crippen LogP contribution in [0.15, 0.2) is 96.8 Å². The average molecular weight is 799 g/mol. The number of hydrogen-bond donors (Lipinski definition) is 2. The van der Waals surface area contributed by atoms with Crippen LogP contribution in [-0.4, -0.2) is 82.9 Å². The van der Waals surface area contributed by atoms with Gasteiger partial charge in [-0.2, -0.15) is 0 Å². The van der Waals surface area contributed by atoms with Gasteiger partial charge in [-0.3, -0.25) is 34.3 Å². The Kier molecular flexibility index (Phi) is 10.5. The maximum absolute atomic E-state index is 13.9. The van der Waals surface area contributed by atoms with E-state index in [2.05, 4.69) is 27.8 Å². The third-order valence-corrected chi connectivity index (χ3v) is 13.9. The topological polar surface area (TPSA) is 119 Å². The van der Waals surface area contributed by atoms with Crippen LogP contribution in [0.3, 0.4) is 0 Å². The number of nitrogens with one attached hydrogen (secondary N) is 1. The SMILES string of the molecule is C=C(/C=C\C(=C/C)OC1CC2CC(N3CCN(c4ccc5c(c4)C(=O)N(C4CCC(=O)NC4=O)C5=O)CC3)CC2C1)[C@@H]1c2ccc(O)cc2CC[C@@H]1c1ccc(F)cc1. The van der Waals surface area contributed by atoms with Crippen LogP contribution >= 0.6 is 0 Å².